The maximum Gasteiger partial charge on any atom is 0.116 e. The summed E-state index contributed by atoms with van der Waals surface area (Å²) in [5, 5.41) is 0. The molecular formula is C11H22FN. The van der Waals surface area contributed by atoms with Crippen molar-refractivity contribution in [2.75, 3.05) is 13.1 Å². The van der Waals surface area contributed by atoms with Crippen LogP contribution in [0.1, 0.15) is 34.1 Å². The van der Waals surface area contributed by atoms with Gasteiger partial charge in [0.2, 0.25) is 0 Å². The SMILES string of the molecule is CC(C)C1CCN(C(C)C)C[C@H]1F. The summed E-state index contributed by atoms with van der Waals surface area (Å²) in [6, 6.07) is 0.492. The van der Waals surface area contributed by atoms with E-state index in [0.29, 0.717) is 18.5 Å². The number of hydrogen-bond donors (Lipinski definition) is 0. The van der Waals surface area contributed by atoms with Crippen molar-refractivity contribution in [1.82, 2.24) is 4.90 Å². The van der Waals surface area contributed by atoms with Gasteiger partial charge in [-0.25, -0.2) is 4.39 Å². The number of hydrogen-bond acceptors (Lipinski definition) is 1. The number of alkyl halides is 1. The van der Waals surface area contributed by atoms with Crippen LogP contribution in [-0.4, -0.2) is 30.2 Å². The summed E-state index contributed by atoms with van der Waals surface area (Å²) in [4.78, 5) is 2.24. The van der Waals surface area contributed by atoms with Gasteiger partial charge in [-0.1, -0.05) is 13.8 Å². The Kier molecular flexibility index (Phi) is 3.72. The van der Waals surface area contributed by atoms with Crippen LogP contribution >= 0.6 is 0 Å². The van der Waals surface area contributed by atoms with E-state index in [4.69, 9.17) is 0 Å². The molecule has 78 valence electrons. The molecule has 2 atom stereocenters. The molecule has 1 aliphatic rings. The minimum absolute atomic E-state index is 0.287. The van der Waals surface area contributed by atoms with Gasteiger partial charge in [-0.3, -0.25) is 4.90 Å². The minimum Gasteiger partial charge on any atom is -0.298 e. The lowest BCUT2D eigenvalue weighted by atomic mass is 9.85. The van der Waals surface area contributed by atoms with Crippen molar-refractivity contribution in [3.8, 4) is 0 Å². The molecule has 1 fully saturated rings. The van der Waals surface area contributed by atoms with Crippen LogP contribution in [0, 0.1) is 11.8 Å². The highest BCUT2D eigenvalue weighted by molar-refractivity contribution is 4.83. The molecule has 13 heavy (non-hydrogen) atoms. The third-order valence-corrected chi connectivity index (χ3v) is 3.21. The van der Waals surface area contributed by atoms with Crippen molar-refractivity contribution >= 4 is 0 Å². The Morgan fingerprint density at radius 1 is 1.23 bits per heavy atom. The number of rotatable bonds is 2. The second kappa shape index (κ2) is 4.41. The van der Waals surface area contributed by atoms with E-state index >= 15 is 0 Å². The van der Waals surface area contributed by atoms with E-state index in [2.05, 4.69) is 32.6 Å². The van der Waals surface area contributed by atoms with Crippen molar-refractivity contribution in [2.24, 2.45) is 11.8 Å². The van der Waals surface area contributed by atoms with Gasteiger partial charge < -0.3 is 0 Å². The van der Waals surface area contributed by atoms with E-state index in [1.54, 1.807) is 0 Å². The highest BCUT2D eigenvalue weighted by Crippen LogP contribution is 2.27. The Labute approximate surface area is 81.3 Å². The maximum atomic E-state index is 13.7. The van der Waals surface area contributed by atoms with Gasteiger partial charge in [-0.15, -0.1) is 0 Å². The number of piperidine rings is 1. The van der Waals surface area contributed by atoms with Crippen LogP contribution in [0.25, 0.3) is 0 Å². The van der Waals surface area contributed by atoms with Crippen LogP contribution in [0.15, 0.2) is 0 Å². The topological polar surface area (TPSA) is 3.24 Å². The number of halogens is 1. The molecule has 1 saturated heterocycles. The summed E-state index contributed by atoms with van der Waals surface area (Å²) in [6.45, 7) is 10.2. The fourth-order valence-corrected chi connectivity index (χ4v) is 2.17. The Bertz CT molecular complexity index is 156. The third kappa shape index (κ3) is 2.67. The van der Waals surface area contributed by atoms with E-state index in [0.717, 1.165) is 13.0 Å². The summed E-state index contributed by atoms with van der Waals surface area (Å²) < 4.78 is 13.7. The predicted octanol–water partition coefficient (Wildman–Crippen LogP) is 2.71. The van der Waals surface area contributed by atoms with Gasteiger partial charge in [0.15, 0.2) is 0 Å². The van der Waals surface area contributed by atoms with Gasteiger partial charge in [0.05, 0.1) is 0 Å². The van der Waals surface area contributed by atoms with E-state index in [1.807, 2.05) is 0 Å². The minimum atomic E-state index is -0.615. The highest BCUT2D eigenvalue weighted by Gasteiger charge is 2.31. The summed E-state index contributed by atoms with van der Waals surface area (Å²) in [5.41, 5.74) is 0. The first kappa shape index (κ1) is 11.0. The van der Waals surface area contributed by atoms with E-state index < -0.39 is 6.17 Å². The molecule has 0 aromatic rings. The van der Waals surface area contributed by atoms with E-state index in [1.165, 1.54) is 0 Å². The molecule has 0 bridgehead atoms. The van der Waals surface area contributed by atoms with Crippen molar-refractivity contribution in [1.29, 1.82) is 0 Å². The molecule has 0 aromatic heterocycles. The molecule has 2 heteroatoms. The molecule has 0 N–H and O–H groups in total. The quantitative estimate of drug-likeness (QED) is 0.642. The average molecular weight is 187 g/mol. The maximum absolute atomic E-state index is 13.7. The summed E-state index contributed by atoms with van der Waals surface area (Å²) >= 11 is 0. The van der Waals surface area contributed by atoms with Crippen LogP contribution in [0.5, 0.6) is 0 Å². The molecular weight excluding hydrogens is 165 g/mol. The normalized spacial score (nSPS) is 31.6. The lowest BCUT2D eigenvalue weighted by Gasteiger charge is -2.38. The molecule has 1 rings (SSSR count). The highest BCUT2D eigenvalue weighted by atomic mass is 19.1. The summed E-state index contributed by atoms with van der Waals surface area (Å²) in [6.07, 6.45) is 0.410. The largest absolute Gasteiger partial charge is 0.298 e. The lowest BCUT2D eigenvalue weighted by molar-refractivity contribution is 0.0452. The van der Waals surface area contributed by atoms with Gasteiger partial charge in [0.1, 0.15) is 6.17 Å². The molecule has 0 aromatic carbocycles. The summed E-state index contributed by atoms with van der Waals surface area (Å²) in [7, 11) is 0. The molecule has 1 unspecified atom stereocenters. The molecule has 0 spiro atoms. The van der Waals surface area contributed by atoms with Crippen molar-refractivity contribution in [2.45, 2.75) is 46.3 Å². The predicted molar refractivity (Wildman–Crippen MR) is 54.6 cm³/mol. The number of likely N-dealkylation sites (tertiary alicyclic amines) is 1. The molecule has 0 amide bonds. The van der Waals surface area contributed by atoms with E-state index in [9.17, 15) is 4.39 Å². The first-order chi connectivity index (χ1) is 6.02. The second-order valence-corrected chi connectivity index (χ2v) is 4.80. The first-order valence-corrected chi connectivity index (χ1v) is 5.40. The molecule has 0 radical (unpaired) electrons. The fraction of sp³-hybridized carbons (Fsp3) is 1.00. The van der Waals surface area contributed by atoms with Gasteiger partial charge in [-0.2, -0.15) is 0 Å². The Morgan fingerprint density at radius 2 is 1.85 bits per heavy atom. The van der Waals surface area contributed by atoms with Gasteiger partial charge in [0, 0.05) is 12.6 Å². The Balaban J connectivity index is 2.46. The zero-order valence-electron chi connectivity index (χ0n) is 9.26. The van der Waals surface area contributed by atoms with Crippen molar-refractivity contribution < 1.29 is 4.39 Å². The first-order valence-electron chi connectivity index (χ1n) is 5.40. The average Bonchev–Trinajstić information content (AvgIpc) is 2.03. The standard InChI is InChI=1S/C11H22FN/c1-8(2)10-5-6-13(9(3)4)7-11(10)12/h8-11H,5-7H2,1-4H3/t10?,11-/m1/s1. The molecule has 0 saturated carbocycles. The fourth-order valence-electron chi connectivity index (χ4n) is 2.17. The Morgan fingerprint density at radius 3 is 2.23 bits per heavy atom. The van der Waals surface area contributed by atoms with E-state index in [-0.39, 0.29) is 5.92 Å². The van der Waals surface area contributed by atoms with Gasteiger partial charge >= 0.3 is 0 Å². The van der Waals surface area contributed by atoms with Crippen molar-refractivity contribution in [3.63, 3.8) is 0 Å². The molecule has 0 aliphatic carbocycles. The third-order valence-electron chi connectivity index (χ3n) is 3.21. The van der Waals surface area contributed by atoms with Gasteiger partial charge in [-0.05, 0) is 38.6 Å². The molecule has 1 heterocycles. The monoisotopic (exact) mass is 187 g/mol. The second-order valence-electron chi connectivity index (χ2n) is 4.80. The van der Waals surface area contributed by atoms with Crippen LogP contribution in [0.3, 0.4) is 0 Å². The van der Waals surface area contributed by atoms with Crippen LogP contribution in [0.2, 0.25) is 0 Å². The Hall–Kier alpha value is -0.110. The van der Waals surface area contributed by atoms with Crippen LogP contribution in [-0.2, 0) is 0 Å². The van der Waals surface area contributed by atoms with Crippen LogP contribution in [0.4, 0.5) is 4.39 Å². The molecule has 1 nitrogen and oxygen atoms in total. The number of nitrogens with zero attached hydrogens (tertiary/aromatic N) is 1. The molecule has 1 aliphatic heterocycles. The van der Waals surface area contributed by atoms with Gasteiger partial charge in [0.25, 0.3) is 0 Å². The lowest BCUT2D eigenvalue weighted by Crippen LogP contribution is -2.46. The smallest absolute Gasteiger partial charge is 0.116 e. The zero-order valence-corrected chi connectivity index (χ0v) is 9.26. The zero-order chi connectivity index (χ0) is 10.0. The van der Waals surface area contributed by atoms with Crippen LogP contribution < -0.4 is 0 Å². The summed E-state index contributed by atoms with van der Waals surface area (Å²) in [5.74, 6) is 0.777. The van der Waals surface area contributed by atoms with Crippen molar-refractivity contribution in [3.05, 3.63) is 0 Å².